The second kappa shape index (κ2) is 13.5. The summed E-state index contributed by atoms with van der Waals surface area (Å²) in [5, 5.41) is 9.24. The number of aromatic amines is 1. The predicted octanol–water partition coefficient (Wildman–Crippen LogP) is 4.61. The van der Waals surface area contributed by atoms with Crippen molar-refractivity contribution in [3.05, 3.63) is 71.8 Å². The molecular weight excluding hydrogens is 663 g/mol. The molecule has 0 spiro atoms. The van der Waals surface area contributed by atoms with Crippen LogP contribution in [0.4, 0.5) is 39.1 Å². The number of nitrogens with zero attached hydrogens (tertiary/aromatic N) is 4. The average Bonchev–Trinajstić information content (AvgIpc) is 3.42. The van der Waals surface area contributed by atoms with Gasteiger partial charge in [0.2, 0.25) is 9.84 Å². The van der Waals surface area contributed by atoms with Gasteiger partial charge in [0.15, 0.2) is 5.82 Å². The maximum absolute atomic E-state index is 13.9. The van der Waals surface area contributed by atoms with E-state index >= 15 is 0 Å². The molecule has 1 saturated heterocycles. The molecule has 256 valence electrons. The molecule has 1 fully saturated rings. The number of carbonyl (C=O) groups is 2. The normalized spacial score (nSPS) is 15.0. The Morgan fingerprint density at radius 3 is 2.29 bits per heavy atom. The number of likely N-dealkylation sites (N-methyl/N-ethyl adjacent to an activating group) is 1. The number of hydrogen-bond acceptors (Lipinski definition) is 8. The number of aromatic nitrogens is 2. The number of methoxy groups -OCH3 is 1. The fraction of sp³-hybridized carbons (Fsp3) is 0.323. The van der Waals surface area contributed by atoms with Crippen molar-refractivity contribution in [1.29, 1.82) is 0 Å². The van der Waals surface area contributed by atoms with E-state index in [9.17, 15) is 40.0 Å². The smallest absolute Gasteiger partial charge is 0.383 e. The molecule has 4 aromatic rings. The lowest BCUT2D eigenvalue weighted by atomic mass is 10.1. The summed E-state index contributed by atoms with van der Waals surface area (Å²) in [5.74, 6) is -5.54. The van der Waals surface area contributed by atoms with Crippen molar-refractivity contribution < 1.29 is 44.7 Å². The van der Waals surface area contributed by atoms with Gasteiger partial charge in [-0.3, -0.25) is 19.6 Å². The first-order valence-electron chi connectivity index (χ1n) is 14.6. The monoisotopic (exact) mass is 694 g/mol. The van der Waals surface area contributed by atoms with Crippen molar-refractivity contribution in [2.24, 2.45) is 0 Å². The summed E-state index contributed by atoms with van der Waals surface area (Å²) < 4.78 is 101. The van der Waals surface area contributed by atoms with E-state index in [1.807, 2.05) is 11.9 Å². The van der Waals surface area contributed by atoms with Crippen molar-refractivity contribution in [1.82, 2.24) is 15.1 Å². The molecule has 3 aromatic carbocycles. The van der Waals surface area contributed by atoms with Crippen LogP contribution in [-0.2, 0) is 19.4 Å². The van der Waals surface area contributed by atoms with Crippen LogP contribution in [0.5, 0.6) is 0 Å². The van der Waals surface area contributed by atoms with E-state index < -0.39 is 50.4 Å². The molecule has 0 bridgehead atoms. The lowest BCUT2D eigenvalue weighted by molar-refractivity contribution is -0.171. The van der Waals surface area contributed by atoms with Gasteiger partial charge in [-0.25, -0.2) is 17.2 Å². The molecule has 0 saturated carbocycles. The molecule has 0 radical (unpaired) electrons. The third kappa shape index (κ3) is 7.12. The molecule has 0 unspecified atom stereocenters. The van der Waals surface area contributed by atoms with Crippen LogP contribution in [0.3, 0.4) is 0 Å². The molecule has 1 atom stereocenters. The van der Waals surface area contributed by atoms with E-state index in [-0.39, 0.29) is 39.5 Å². The third-order valence-corrected chi connectivity index (χ3v) is 9.62. The minimum Gasteiger partial charge on any atom is -0.383 e. The maximum atomic E-state index is 13.9. The van der Waals surface area contributed by atoms with Crippen molar-refractivity contribution >= 4 is 49.7 Å². The lowest BCUT2D eigenvalue weighted by Crippen LogP contribution is -2.49. The fourth-order valence-corrected chi connectivity index (χ4v) is 6.75. The first-order chi connectivity index (χ1) is 22.6. The molecule has 2 N–H and O–H groups in total. The highest BCUT2D eigenvalue weighted by atomic mass is 32.2. The van der Waals surface area contributed by atoms with Gasteiger partial charge in [0.25, 0.3) is 5.91 Å². The third-order valence-electron chi connectivity index (χ3n) is 7.89. The van der Waals surface area contributed by atoms with E-state index in [2.05, 4.69) is 20.4 Å². The summed E-state index contributed by atoms with van der Waals surface area (Å²) in [5.41, 5.74) is 0.131. The van der Waals surface area contributed by atoms with Gasteiger partial charge in [-0.05, 0) is 62.5 Å². The van der Waals surface area contributed by atoms with Crippen LogP contribution in [0, 0.1) is 11.6 Å². The highest BCUT2D eigenvalue weighted by molar-refractivity contribution is 7.91. The van der Waals surface area contributed by atoms with Crippen molar-refractivity contribution in [3.63, 3.8) is 0 Å². The van der Waals surface area contributed by atoms with Crippen LogP contribution in [0.2, 0.25) is 0 Å². The van der Waals surface area contributed by atoms with Crippen LogP contribution in [0.15, 0.2) is 64.4 Å². The van der Waals surface area contributed by atoms with Crippen LogP contribution >= 0.6 is 0 Å². The predicted molar refractivity (Wildman–Crippen MR) is 167 cm³/mol. The highest BCUT2D eigenvalue weighted by Gasteiger charge is 2.45. The van der Waals surface area contributed by atoms with Gasteiger partial charge < -0.3 is 19.9 Å². The summed E-state index contributed by atoms with van der Waals surface area (Å²) in [4.78, 5) is 30.1. The number of sulfone groups is 1. The summed E-state index contributed by atoms with van der Waals surface area (Å²) in [6.45, 7) is 3.54. The van der Waals surface area contributed by atoms with Gasteiger partial charge in [0, 0.05) is 50.4 Å². The van der Waals surface area contributed by atoms with Gasteiger partial charge in [0.1, 0.15) is 11.6 Å². The van der Waals surface area contributed by atoms with Crippen molar-refractivity contribution in [2.45, 2.75) is 28.9 Å². The van der Waals surface area contributed by atoms with Crippen LogP contribution in [-0.4, -0.2) is 94.5 Å². The van der Waals surface area contributed by atoms with Gasteiger partial charge in [-0.1, -0.05) is 0 Å². The standard InChI is InChI=1S/C31H31F5N6O5S/c1-18(17-47-3)42(30(44)31(34,35)36)27-15-21(41-10-8-40(2)9-11-41)4-6-24(27)29(43)37-28-25-16-22(5-7-26(25)38-39-28)48(45,46)23-13-19(32)12-20(33)14-23/h4-7,12-16,18H,8-11,17H2,1-3H3,(H2,37,38,39,43)/t18-/m1/s1. The zero-order chi connectivity index (χ0) is 35.0. The number of benzene rings is 3. The topological polar surface area (TPSA) is 128 Å². The molecule has 1 aliphatic rings. The number of carbonyl (C=O) groups excluding carboxylic acids is 2. The summed E-state index contributed by atoms with van der Waals surface area (Å²) in [7, 11) is -1.23. The van der Waals surface area contributed by atoms with Gasteiger partial charge >= 0.3 is 12.1 Å². The SMILES string of the molecule is COC[C@@H](C)N(C(=O)C(F)(F)F)c1cc(N2CCN(C)CC2)ccc1C(=O)Nc1n[nH]c2ccc(S(=O)(=O)c3cc(F)cc(F)c3)cc12. The molecule has 11 nitrogen and oxygen atoms in total. The van der Waals surface area contributed by atoms with Crippen molar-refractivity contribution in [3.8, 4) is 0 Å². The first kappa shape index (κ1) is 34.7. The number of fused-ring (bicyclic) bond motifs is 1. The number of nitrogens with one attached hydrogen (secondary N) is 2. The largest absolute Gasteiger partial charge is 0.471 e. The number of halogens is 5. The molecule has 17 heteroatoms. The van der Waals surface area contributed by atoms with Gasteiger partial charge in [0.05, 0.1) is 39.2 Å². The Kier molecular flexibility index (Phi) is 9.75. The number of hydrogen-bond donors (Lipinski definition) is 2. The molecule has 1 aliphatic heterocycles. The fourth-order valence-electron chi connectivity index (χ4n) is 5.42. The van der Waals surface area contributed by atoms with Crippen LogP contribution < -0.4 is 15.1 Å². The number of rotatable bonds is 9. The number of anilines is 3. The van der Waals surface area contributed by atoms with Gasteiger partial charge in [-0.2, -0.15) is 18.3 Å². The number of ether oxygens (including phenoxy) is 1. The summed E-state index contributed by atoms with van der Waals surface area (Å²) in [6, 6.07) is 8.54. The van der Waals surface area contributed by atoms with E-state index in [0.29, 0.717) is 55.0 Å². The van der Waals surface area contributed by atoms with Crippen molar-refractivity contribution in [2.75, 3.05) is 62.1 Å². The molecule has 0 aliphatic carbocycles. The Balaban J connectivity index is 1.56. The minimum absolute atomic E-state index is 0.0767. The Hall–Kier alpha value is -4.61. The summed E-state index contributed by atoms with van der Waals surface area (Å²) in [6.07, 6.45) is -5.29. The number of amides is 2. The van der Waals surface area contributed by atoms with Crippen LogP contribution in [0.25, 0.3) is 10.9 Å². The van der Waals surface area contributed by atoms with E-state index in [4.69, 9.17) is 4.74 Å². The zero-order valence-corrected chi connectivity index (χ0v) is 26.8. The number of H-pyrrole nitrogens is 1. The molecular formula is C31H31F5N6O5S. The molecule has 5 rings (SSSR count). The van der Waals surface area contributed by atoms with E-state index in [0.717, 1.165) is 6.07 Å². The molecule has 1 aromatic heterocycles. The van der Waals surface area contributed by atoms with Crippen LogP contribution in [0.1, 0.15) is 17.3 Å². The highest BCUT2D eigenvalue weighted by Crippen LogP contribution is 2.34. The van der Waals surface area contributed by atoms with E-state index in [1.165, 1.54) is 38.3 Å². The molecule has 2 amide bonds. The first-order valence-corrected chi connectivity index (χ1v) is 16.1. The van der Waals surface area contributed by atoms with E-state index in [1.54, 1.807) is 6.07 Å². The Morgan fingerprint density at radius 1 is 1.00 bits per heavy atom. The summed E-state index contributed by atoms with van der Waals surface area (Å²) >= 11 is 0. The van der Waals surface area contributed by atoms with Gasteiger partial charge in [-0.15, -0.1) is 0 Å². The second-order valence-corrected chi connectivity index (χ2v) is 13.3. The lowest BCUT2D eigenvalue weighted by Gasteiger charge is -2.36. The number of piperazine rings is 1. The second-order valence-electron chi connectivity index (χ2n) is 11.3. The quantitative estimate of drug-likeness (QED) is 0.244. The molecule has 48 heavy (non-hydrogen) atoms. The maximum Gasteiger partial charge on any atom is 0.471 e. The average molecular weight is 695 g/mol. The zero-order valence-electron chi connectivity index (χ0n) is 25.9. The molecule has 2 heterocycles. The Bertz CT molecular complexity index is 1940. The number of alkyl halides is 3. The Labute approximate surface area is 272 Å². The minimum atomic E-state index is -5.29. The Morgan fingerprint density at radius 2 is 1.67 bits per heavy atom.